The SMILES string of the molecule is C[C@H]1Cc2ccccc2N1C(=O)c1cn2c3c(cccc3c1=O)CC2. The number of fused-ring (bicyclic) bond motifs is 1. The molecule has 0 radical (unpaired) electrons. The molecule has 1 amide bonds. The van der Waals surface area contributed by atoms with E-state index in [0.29, 0.717) is 5.39 Å². The van der Waals surface area contributed by atoms with Crippen LogP contribution in [0.4, 0.5) is 5.69 Å². The summed E-state index contributed by atoms with van der Waals surface area (Å²) in [4.78, 5) is 28.1. The molecule has 0 unspecified atom stereocenters. The number of carbonyl (C=O) groups excluding carboxylic acids is 1. The molecule has 4 heteroatoms. The number of nitrogens with zero attached hydrogens (tertiary/aromatic N) is 2. The van der Waals surface area contributed by atoms with Crippen molar-refractivity contribution in [1.82, 2.24) is 4.57 Å². The summed E-state index contributed by atoms with van der Waals surface area (Å²) in [7, 11) is 0. The van der Waals surface area contributed by atoms with Crippen LogP contribution in [0.15, 0.2) is 53.5 Å². The normalized spacial score (nSPS) is 18.0. The van der Waals surface area contributed by atoms with Gasteiger partial charge in [-0.3, -0.25) is 9.59 Å². The first-order valence-corrected chi connectivity index (χ1v) is 8.71. The summed E-state index contributed by atoms with van der Waals surface area (Å²) in [6.45, 7) is 2.86. The fraction of sp³-hybridized carbons (Fsp3) is 0.238. The lowest BCUT2D eigenvalue weighted by Crippen LogP contribution is -2.38. The Morgan fingerprint density at radius 1 is 1.08 bits per heavy atom. The Labute approximate surface area is 145 Å². The standard InChI is InChI=1S/C21H18N2O2/c1-13-11-15-5-2-3-8-18(15)23(13)21(25)17-12-22-10-9-14-6-4-7-16(19(14)22)20(17)24/h2-8,12-13H,9-11H2,1H3/t13-/m0/s1. The summed E-state index contributed by atoms with van der Waals surface area (Å²) in [5.74, 6) is -0.189. The van der Waals surface area contributed by atoms with E-state index >= 15 is 0 Å². The Morgan fingerprint density at radius 2 is 1.88 bits per heavy atom. The number of pyridine rings is 1. The molecule has 5 rings (SSSR count). The number of para-hydroxylation sites is 2. The predicted molar refractivity (Wildman–Crippen MR) is 98.3 cm³/mol. The van der Waals surface area contributed by atoms with Gasteiger partial charge in [-0.1, -0.05) is 30.3 Å². The van der Waals surface area contributed by atoms with Gasteiger partial charge in [-0.2, -0.15) is 0 Å². The van der Waals surface area contributed by atoms with Gasteiger partial charge >= 0.3 is 0 Å². The molecule has 0 fully saturated rings. The minimum absolute atomic E-state index is 0.0601. The number of benzene rings is 2. The second kappa shape index (κ2) is 5.06. The molecular formula is C21H18N2O2. The summed E-state index contributed by atoms with van der Waals surface area (Å²) in [5, 5.41) is 0.654. The number of rotatable bonds is 1. The van der Waals surface area contributed by atoms with Crippen LogP contribution in [0.2, 0.25) is 0 Å². The van der Waals surface area contributed by atoms with Gasteiger partial charge in [0.25, 0.3) is 5.91 Å². The first-order chi connectivity index (χ1) is 12.1. The Hall–Kier alpha value is -2.88. The molecule has 0 aliphatic carbocycles. The molecule has 0 saturated heterocycles. The van der Waals surface area contributed by atoms with E-state index in [1.807, 2.05) is 37.3 Å². The number of hydrogen-bond donors (Lipinski definition) is 0. The van der Waals surface area contributed by atoms with Gasteiger partial charge in [-0.15, -0.1) is 0 Å². The van der Waals surface area contributed by atoms with Gasteiger partial charge in [0.2, 0.25) is 5.43 Å². The lowest BCUT2D eigenvalue weighted by atomic mass is 10.1. The van der Waals surface area contributed by atoms with E-state index in [9.17, 15) is 9.59 Å². The zero-order chi connectivity index (χ0) is 17.1. The third-order valence-electron chi connectivity index (χ3n) is 5.46. The molecule has 0 N–H and O–H groups in total. The van der Waals surface area contributed by atoms with Crippen molar-refractivity contribution in [2.75, 3.05) is 4.90 Å². The molecule has 0 spiro atoms. The zero-order valence-electron chi connectivity index (χ0n) is 14.0. The van der Waals surface area contributed by atoms with Crippen LogP contribution in [0, 0.1) is 0 Å². The number of aromatic nitrogens is 1. The van der Waals surface area contributed by atoms with E-state index in [4.69, 9.17) is 0 Å². The van der Waals surface area contributed by atoms with Gasteiger partial charge < -0.3 is 9.47 Å². The number of aryl methyl sites for hydroxylation is 2. The molecule has 25 heavy (non-hydrogen) atoms. The summed E-state index contributed by atoms with van der Waals surface area (Å²) < 4.78 is 2.06. The molecule has 2 aliphatic rings. The van der Waals surface area contributed by atoms with E-state index in [2.05, 4.69) is 16.7 Å². The largest absolute Gasteiger partial charge is 0.346 e. The quantitative estimate of drug-likeness (QED) is 0.688. The lowest BCUT2D eigenvalue weighted by Gasteiger charge is -2.23. The summed E-state index contributed by atoms with van der Waals surface area (Å²) in [6.07, 6.45) is 3.50. The number of hydrogen-bond acceptors (Lipinski definition) is 2. The topological polar surface area (TPSA) is 42.3 Å². The van der Waals surface area contributed by atoms with Gasteiger partial charge in [0.15, 0.2) is 0 Å². The van der Waals surface area contributed by atoms with Gasteiger partial charge in [0.05, 0.1) is 5.52 Å². The van der Waals surface area contributed by atoms with E-state index in [1.165, 1.54) is 5.56 Å². The fourth-order valence-corrected chi connectivity index (χ4v) is 4.31. The Balaban J connectivity index is 1.69. The van der Waals surface area contributed by atoms with Gasteiger partial charge in [0, 0.05) is 29.9 Å². The van der Waals surface area contributed by atoms with E-state index in [0.717, 1.165) is 36.2 Å². The molecule has 4 nitrogen and oxygen atoms in total. The van der Waals surface area contributed by atoms with Gasteiger partial charge in [-0.25, -0.2) is 0 Å². The fourth-order valence-electron chi connectivity index (χ4n) is 4.31. The molecular weight excluding hydrogens is 312 g/mol. The highest BCUT2D eigenvalue weighted by Crippen LogP contribution is 2.33. The van der Waals surface area contributed by atoms with Crippen LogP contribution in [-0.4, -0.2) is 16.5 Å². The average molecular weight is 330 g/mol. The van der Waals surface area contributed by atoms with Crippen LogP contribution in [0.1, 0.15) is 28.4 Å². The first-order valence-electron chi connectivity index (χ1n) is 8.71. The maximum atomic E-state index is 13.3. The van der Waals surface area contributed by atoms with Crippen molar-refractivity contribution >= 4 is 22.5 Å². The summed E-state index contributed by atoms with van der Waals surface area (Å²) >= 11 is 0. The molecule has 2 aliphatic heterocycles. The van der Waals surface area contributed by atoms with E-state index in [-0.39, 0.29) is 22.9 Å². The maximum absolute atomic E-state index is 13.3. The summed E-state index contributed by atoms with van der Waals surface area (Å²) in [6, 6.07) is 13.8. The van der Waals surface area contributed by atoms with Crippen LogP contribution >= 0.6 is 0 Å². The Kier molecular flexibility index (Phi) is 2.93. The van der Waals surface area contributed by atoms with Crippen LogP contribution in [0.5, 0.6) is 0 Å². The van der Waals surface area contributed by atoms with Crippen molar-refractivity contribution in [3.05, 3.63) is 75.6 Å². The van der Waals surface area contributed by atoms with Gasteiger partial charge in [-0.05, 0) is 43.0 Å². The molecule has 3 aromatic rings. The maximum Gasteiger partial charge on any atom is 0.264 e. The van der Waals surface area contributed by atoms with E-state index in [1.54, 1.807) is 11.1 Å². The molecule has 1 atom stereocenters. The molecule has 0 bridgehead atoms. The second-order valence-corrected chi connectivity index (χ2v) is 6.99. The minimum atomic E-state index is -0.189. The Morgan fingerprint density at radius 3 is 2.76 bits per heavy atom. The predicted octanol–water partition coefficient (Wildman–Crippen LogP) is 3.15. The van der Waals surface area contributed by atoms with Crippen molar-refractivity contribution in [2.45, 2.75) is 32.4 Å². The monoisotopic (exact) mass is 330 g/mol. The molecule has 0 saturated carbocycles. The summed E-state index contributed by atoms with van der Waals surface area (Å²) in [5.41, 5.74) is 4.38. The number of amides is 1. The highest BCUT2D eigenvalue weighted by molar-refractivity contribution is 6.09. The lowest BCUT2D eigenvalue weighted by molar-refractivity contribution is 0.0980. The van der Waals surface area contributed by atoms with E-state index < -0.39 is 0 Å². The highest BCUT2D eigenvalue weighted by Gasteiger charge is 2.33. The molecule has 3 heterocycles. The highest BCUT2D eigenvalue weighted by atomic mass is 16.2. The second-order valence-electron chi connectivity index (χ2n) is 6.99. The first kappa shape index (κ1) is 14.5. The molecule has 124 valence electrons. The number of carbonyl (C=O) groups is 1. The smallest absolute Gasteiger partial charge is 0.264 e. The van der Waals surface area contributed by atoms with Crippen molar-refractivity contribution in [2.24, 2.45) is 0 Å². The molecule has 2 aromatic carbocycles. The molecule has 1 aromatic heterocycles. The number of anilines is 1. The third kappa shape index (κ3) is 1.94. The van der Waals surface area contributed by atoms with Crippen molar-refractivity contribution < 1.29 is 4.79 Å². The third-order valence-corrected chi connectivity index (χ3v) is 5.46. The average Bonchev–Trinajstić information content (AvgIpc) is 3.18. The van der Waals surface area contributed by atoms with Crippen LogP contribution < -0.4 is 10.3 Å². The Bertz CT molecular complexity index is 1100. The van der Waals surface area contributed by atoms with Crippen molar-refractivity contribution in [1.29, 1.82) is 0 Å². The van der Waals surface area contributed by atoms with Crippen LogP contribution in [0.25, 0.3) is 10.9 Å². The van der Waals surface area contributed by atoms with Crippen LogP contribution in [0.3, 0.4) is 0 Å². The minimum Gasteiger partial charge on any atom is -0.346 e. The van der Waals surface area contributed by atoms with Crippen molar-refractivity contribution in [3.8, 4) is 0 Å². The zero-order valence-corrected chi connectivity index (χ0v) is 14.0. The van der Waals surface area contributed by atoms with Crippen molar-refractivity contribution in [3.63, 3.8) is 0 Å². The van der Waals surface area contributed by atoms with Crippen LogP contribution in [-0.2, 0) is 19.4 Å². The van der Waals surface area contributed by atoms with Gasteiger partial charge in [0.1, 0.15) is 5.56 Å².